The molecular weight excluding hydrogens is 411 g/mol. The van der Waals surface area contributed by atoms with E-state index in [2.05, 4.69) is 38.7 Å². The van der Waals surface area contributed by atoms with Crippen LogP contribution in [-0.2, 0) is 11.2 Å². The molecule has 0 amide bonds. The predicted octanol–water partition coefficient (Wildman–Crippen LogP) is 1.53. The minimum absolute atomic E-state index is 0.258. The van der Waals surface area contributed by atoms with E-state index in [1.807, 2.05) is 0 Å². The number of nitrogen functional groups attached to an aromatic ring is 1. The van der Waals surface area contributed by atoms with Crippen LogP contribution in [-0.4, -0.2) is 74.6 Å². The molecule has 9 nitrogen and oxygen atoms in total. The normalized spacial score (nSPS) is 11.6. The fourth-order valence-electron chi connectivity index (χ4n) is 3.19. The minimum Gasteiger partial charge on any atom is -0.385 e. The van der Waals surface area contributed by atoms with Crippen LogP contribution in [0.15, 0.2) is 29.3 Å². The number of nitrogens with zero attached hydrogens (tertiary/aromatic N) is 5. The van der Waals surface area contributed by atoms with E-state index in [-0.39, 0.29) is 11.6 Å². The van der Waals surface area contributed by atoms with Gasteiger partial charge in [-0.15, -0.1) is 0 Å². The molecule has 10 heteroatoms. The number of benzene rings is 1. The van der Waals surface area contributed by atoms with Crippen molar-refractivity contribution in [3.05, 3.63) is 41.3 Å². The van der Waals surface area contributed by atoms with E-state index in [1.54, 1.807) is 26.3 Å². The topological polar surface area (TPSA) is 117 Å². The SMILES string of the molecule is CN=C(NCCCc1nn(-c2ccc(F)cc2)c(N)c1C#N)NCCN(C)CCCOC. The third kappa shape index (κ3) is 7.51. The summed E-state index contributed by atoms with van der Waals surface area (Å²) in [5.41, 5.74) is 7.69. The minimum atomic E-state index is -0.342. The van der Waals surface area contributed by atoms with Gasteiger partial charge in [-0.2, -0.15) is 10.4 Å². The number of hydrogen-bond donors (Lipinski definition) is 3. The third-order valence-corrected chi connectivity index (χ3v) is 4.96. The maximum absolute atomic E-state index is 13.2. The number of halogens is 1. The van der Waals surface area contributed by atoms with Gasteiger partial charge in [-0.3, -0.25) is 4.99 Å². The Balaban J connectivity index is 1.81. The van der Waals surface area contributed by atoms with Crippen LogP contribution in [0.5, 0.6) is 0 Å². The van der Waals surface area contributed by atoms with Crippen LogP contribution >= 0.6 is 0 Å². The molecule has 0 fully saturated rings. The highest BCUT2D eigenvalue weighted by atomic mass is 19.1. The van der Waals surface area contributed by atoms with Crippen molar-refractivity contribution >= 4 is 11.8 Å². The lowest BCUT2D eigenvalue weighted by molar-refractivity contribution is 0.180. The van der Waals surface area contributed by atoms with E-state index in [4.69, 9.17) is 10.5 Å². The molecule has 0 unspecified atom stereocenters. The second kappa shape index (κ2) is 13.3. The van der Waals surface area contributed by atoms with E-state index >= 15 is 0 Å². The highest BCUT2D eigenvalue weighted by Crippen LogP contribution is 2.21. The second-order valence-corrected chi connectivity index (χ2v) is 7.39. The predicted molar refractivity (Wildman–Crippen MR) is 124 cm³/mol. The molecule has 174 valence electrons. The van der Waals surface area contributed by atoms with E-state index in [9.17, 15) is 9.65 Å². The van der Waals surface area contributed by atoms with E-state index in [1.165, 1.54) is 16.8 Å². The van der Waals surface area contributed by atoms with Crippen molar-refractivity contribution in [2.24, 2.45) is 4.99 Å². The van der Waals surface area contributed by atoms with Gasteiger partial charge in [-0.05, 0) is 50.6 Å². The van der Waals surface area contributed by atoms with Crippen molar-refractivity contribution in [3.63, 3.8) is 0 Å². The Morgan fingerprint density at radius 3 is 2.62 bits per heavy atom. The Morgan fingerprint density at radius 2 is 1.97 bits per heavy atom. The molecule has 0 spiro atoms. The van der Waals surface area contributed by atoms with Gasteiger partial charge in [0.2, 0.25) is 0 Å². The number of anilines is 1. The number of nitrogens with two attached hydrogens (primary N) is 1. The Kier molecular flexibility index (Phi) is 10.4. The molecule has 0 bridgehead atoms. The average Bonchev–Trinajstić information content (AvgIpc) is 3.11. The number of aliphatic imine (C=N–C) groups is 1. The molecule has 4 N–H and O–H groups in total. The molecular formula is C22H33FN8O. The van der Waals surface area contributed by atoms with E-state index < -0.39 is 0 Å². The van der Waals surface area contributed by atoms with Crippen molar-refractivity contribution in [2.75, 3.05) is 59.7 Å². The summed E-state index contributed by atoms with van der Waals surface area (Å²) in [5, 5.41) is 20.5. The summed E-state index contributed by atoms with van der Waals surface area (Å²) in [5.74, 6) is 0.646. The molecule has 0 atom stereocenters. The van der Waals surface area contributed by atoms with Crippen molar-refractivity contribution in [1.29, 1.82) is 5.26 Å². The van der Waals surface area contributed by atoms with Crippen LogP contribution in [0.1, 0.15) is 24.1 Å². The van der Waals surface area contributed by atoms with Gasteiger partial charge in [-0.25, -0.2) is 9.07 Å². The number of rotatable bonds is 12. The number of methoxy groups -OCH3 is 1. The van der Waals surface area contributed by atoms with Gasteiger partial charge in [-0.1, -0.05) is 0 Å². The van der Waals surface area contributed by atoms with Crippen LogP contribution < -0.4 is 16.4 Å². The lowest BCUT2D eigenvalue weighted by Gasteiger charge is -2.18. The number of nitrogens with one attached hydrogen (secondary N) is 2. The summed E-state index contributed by atoms with van der Waals surface area (Å²) in [6, 6.07) is 7.96. The summed E-state index contributed by atoms with van der Waals surface area (Å²) < 4.78 is 19.7. The molecule has 1 aromatic carbocycles. The smallest absolute Gasteiger partial charge is 0.191 e. The van der Waals surface area contributed by atoms with Gasteiger partial charge in [0.15, 0.2) is 5.96 Å². The number of aryl methyl sites for hydroxylation is 1. The van der Waals surface area contributed by atoms with Crippen LogP contribution in [0.25, 0.3) is 5.69 Å². The van der Waals surface area contributed by atoms with Gasteiger partial charge in [0.25, 0.3) is 0 Å². The van der Waals surface area contributed by atoms with Crippen molar-refractivity contribution in [3.8, 4) is 11.8 Å². The van der Waals surface area contributed by atoms with Crippen LogP contribution in [0.4, 0.5) is 10.2 Å². The summed E-state index contributed by atoms with van der Waals surface area (Å²) >= 11 is 0. The first-order valence-electron chi connectivity index (χ1n) is 10.7. The lowest BCUT2D eigenvalue weighted by Crippen LogP contribution is -2.41. The maximum atomic E-state index is 13.2. The van der Waals surface area contributed by atoms with E-state index in [0.29, 0.717) is 29.9 Å². The Labute approximate surface area is 189 Å². The zero-order valence-corrected chi connectivity index (χ0v) is 19.1. The number of guanidine groups is 1. The molecule has 1 aromatic heterocycles. The monoisotopic (exact) mass is 444 g/mol. The van der Waals surface area contributed by atoms with Gasteiger partial charge >= 0.3 is 0 Å². The Morgan fingerprint density at radius 1 is 1.25 bits per heavy atom. The van der Waals surface area contributed by atoms with Crippen LogP contribution in [0, 0.1) is 17.1 Å². The molecule has 32 heavy (non-hydrogen) atoms. The van der Waals surface area contributed by atoms with E-state index in [0.717, 1.165) is 45.0 Å². The van der Waals surface area contributed by atoms with Crippen LogP contribution in [0.3, 0.4) is 0 Å². The standard InChI is InChI=1S/C22H33FN8O/c1-26-22(28-12-14-30(2)13-5-15-32-3)27-11-4-6-20-19(16-24)21(25)31(29-20)18-9-7-17(23)8-10-18/h7-10H,4-6,11-15,25H2,1-3H3,(H2,26,27,28). The largest absolute Gasteiger partial charge is 0.385 e. The summed E-state index contributed by atoms with van der Waals surface area (Å²) in [7, 11) is 5.53. The molecule has 2 rings (SSSR count). The number of hydrogen-bond acceptors (Lipinski definition) is 6. The average molecular weight is 445 g/mol. The van der Waals surface area contributed by atoms with Crippen molar-refractivity contribution < 1.29 is 9.13 Å². The highest BCUT2D eigenvalue weighted by molar-refractivity contribution is 5.79. The maximum Gasteiger partial charge on any atom is 0.191 e. The first kappa shape index (κ1) is 25.1. The van der Waals surface area contributed by atoms with Crippen LogP contribution in [0.2, 0.25) is 0 Å². The number of ether oxygens (including phenoxy) is 1. The second-order valence-electron chi connectivity index (χ2n) is 7.39. The third-order valence-electron chi connectivity index (χ3n) is 4.96. The molecule has 0 saturated carbocycles. The first-order chi connectivity index (χ1) is 15.5. The molecule has 0 aliphatic rings. The Bertz CT molecular complexity index is 904. The summed E-state index contributed by atoms with van der Waals surface area (Å²) in [6.07, 6.45) is 2.33. The zero-order valence-electron chi connectivity index (χ0n) is 19.1. The molecule has 0 saturated heterocycles. The lowest BCUT2D eigenvalue weighted by atomic mass is 10.1. The zero-order chi connectivity index (χ0) is 23.3. The van der Waals surface area contributed by atoms with Gasteiger partial charge in [0.1, 0.15) is 23.3 Å². The molecule has 2 aromatic rings. The Hall–Kier alpha value is -3.16. The van der Waals surface area contributed by atoms with Gasteiger partial charge in [0.05, 0.1) is 11.4 Å². The first-order valence-corrected chi connectivity index (χ1v) is 10.7. The van der Waals surface area contributed by atoms with Gasteiger partial charge < -0.3 is 26.0 Å². The van der Waals surface area contributed by atoms with Crippen molar-refractivity contribution in [1.82, 2.24) is 25.3 Å². The van der Waals surface area contributed by atoms with Gasteiger partial charge in [0, 0.05) is 46.9 Å². The molecule has 0 radical (unpaired) electrons. The fourth-order valence-corrected chi connectivity index (χ4v) is 3.19. The fraction of sp³-hybridized carbons (Fsp3) is 0.500. The number of aromatic nitrogens is 2. The molecule has 0 aliphatic carbocycles. The summed E-state index contributed by atoms with van der Waals surface area (Å²) in [4.78, 5) is 6.48. The highest BCUT2D eigenvalue weighted by Gasteiger charge is 2.16. The number of nitriles is 1. The quantitative estimate of drug-likeness (QED) is 0.258. The summed E-state index contributed by atoms with van der Waals surface area (Å²) in [6.45, 7) is 4.09. The van der Waals surface area contributed by atoms with Crippen molar-refractivity contribution in [2.45, 2.75) is 19.3 Å². The number of likely N-dealkylation sites (N-methyl/N-ethyl adjacent to an activating group) is 1. The molecule has 0 aliphatic heterocycles. The molecule has 1 heterocycles.